The van der Waals surface area contributed by atoms with Gasteiger partial charge in [0.1, 0.15) is 17.1 Å². The Morgan fingerprint density at radius 1 is 1.11 bits per heavy atom. The summed E-state index contributed by atoms with van der Waals surface area (Å²) in [4.78, 5) is 32.5. The number of fused-ring (bicyclic) bond motifs is 1. The molecule has 0 atom stereocenters. The van der Waals surface area contributed by atoms with Gasteiger partial charge >= 0.3 is 5.97 Å². The molecule has 36 heavy (non-hydrogen) atoms. The Balaban J connectivity index is 1.89. The summed E-state index contributed by atoms with van der Waals surface area (Å²) in [5, 5.41) is 14.8. The van der Waals surface area contributed by atoms with E-state index in [0.29, 0.717) is 17.7 Å². The lowest BCUT2D eigenvalue weighted by Crippen LogP contribution is -2.37. The maximum Gasteiger partial charge on any atom is 0.342 e. The van der Waals surface area contributed by atoms with Gasteiger partial charge in [0, 0.05) is 38.9 Å². The molecule has 0 spiro atoms. The number of carbonyl (C=O) groups excluding carboxylic acids is 2. The highest BCUT2D eigenvalue weighted by atomic mass is 31.2. The summed E-state index contributed by atoms with van der Waals surface area (Å²) < 4.78 is 23.1. The van der Waals surface area contributed by atoms with Crippen LogP contribution in [0.3, 0.4) is 0 Å². The minimum atomic E-state index is -2.92. The van der Waals surface area contributed by atoms with Gasteiger partial charge in [0.05, 0.1) is 12.3 Å². The van der Waals surface area contributed by atoms with Crippen LogP contribution >= 0.6 is 7.37 Å². The molecule has 0 radical (unpaired) electrons. The van der Waals surface area contributed by atoms with Crippen molar-refractivity contribution in [1.29, 1.82) is 0 Å². The fourth-order valence-electron chi connectivity index (χ4n) is 4.00. The number of amides is 1. The van der Waals surface area contributed by atoms with Crippen molar-refractivity contribution >= 4 is 25.0 Å². The molecule has 0 unspecified atom stereocenters. The minimum Gasteiger partial charge on any atom is -0.507 e. The van der Waals surface area contributed by atoms with Crippen molar-refractivity contribution in [2.24, 2.45) is 5.16 Å². The van der Waals surface area contributed by atoms with Gasteiger partial charge in [0.15, 0.2) is 6.61 Å². The smallest absolute Gasteiger partial charge is 0.342 e. The summed E-state index contributed by atoms with van der Waals surface area (Å²) in [6, 6.07) is 2.80. The lowest BCUT2D eigenvalue weighted by atomic mass is 9.99. The van der Waals surface area contributed by atoms with Crippen molar-refractivity contribution in [3.63, 3.8) is 0 Å². The average Bonchev–Trinajstić information content (AvgIpc) is 2.81. The topological polar surface area (TPSA) is 115 Å². The molecule has 2 aliphatic heterocycles. The average molecular weight is 519 g/mol. The molecule has 1 fully saturated rings. The third-order valence-electron chi connectivity index (χ3n) is 5.65. The zero-order chi connectivity index (χ0) is 26.0. The van der Waals surface area contributed by atoms with Crippen molar-refractivity contribution in [3.05, 3.63) is 47.6 Å². The van der Waals surface area contributed by atoms with Crippen LogP contribution < -0.4 is 4.52 Å². The number of carbonyl (C=O) groups is 2. The van der Waals surface area contributed by atoms with Crippen molar-refractivity contribution in [3.8, 4) is 11.5 Å². The predicted molar refractivity (Wildman–Crippen MR) is 138 cm³/mol. The van der Waals surface area contributed by atoms with E-state index in [1.165, 1.54) is 19.4 Å². The lowest BCUT2D eigenvalue weighted by molar-refractivity contribution is -0.137. The van der Waals surface area contributed by atoms with E-state index in [1.807, 2.05) is 18.2 Å². The molecule has 1 amide bonds. The van der Waals surface area contributed by atoms with E-state index in [2.05, 4.69) is 5.16 Å². The number of esters is 1. The summed E-state index contributed by atoms with van der Waals surface area (Å²) in [7, 11) is -2.92. The molecule has 10 heteroatoms. The maximum absolute atomic E-state index is 12.8. The standard InChI is InChI=1S/C26H35N2O7P/c1-36(2,32)35-22-17-20-16-21(27-34-19-24(30)28-13-9-7-10-14-28)12-8-5-3-4-6-11-15-33-26(31)25(20)23(29)18-22/h4,6,8,12,17-18,29H,3,5,7,9-11,13-16,19H2,1-2H3/b6-4+,12-8+,27-21?. The summed E-state index contributed by atoms with van der Waals surface area (Å²) >= 11 is 0. The highest BCUT2D eigenvalue weighted by Gasteiger charge is 2.23. The van der Waals surface area contributed by atoms with Crippen LogP contribution in [-0.4, -0.2) is 67.2 Å². The van der Waals surface area contributed by atoms with Crippen molar-refractivity contribution in [1.82, 2.24) is 4.90 Å². The number of allylic oxidation sites excluding steroid dienone is 3. The zero-order valence-electron chi connectivity index (χ0n) is 21.0. The van der Waals surface area contributed by atoms with Gasteiger partial charge in [-0.15, -0.1) is 0 Å². The van der Waals surface area contributed by atoms with E-state index in [0.717, 1.165) is 45.2 Å². The number of cyclic esters (lactones) is 1. The molecular formula is C26H35N2O7P. The normalized spacial score (nSPS) is 20.6. The third kappa shape index (κ3) is 8.86. The Kier molecular flexibility index (Phi) is 10.2. The molecule has 3 rings (SSSR count). The number of hydrogen-bond acceptors (Lipinski definition) is 8. The van der Waals surface area contributed by atoms with E-state index >= 15 is 0 Å². The second-order valence-electron chi connectivity index (χ2n) is 9.17. The molecule has 1 saturated heterocycles. The Morgan fingerprint density at radius 2 is 1.83 bits per heavy atom. The molecule has 0 saturated carbocycles. The Hall–Kier alpha value is -3.06. The van der Waals surface area contributed by atoms with Crippen LogP contribution in [0, 0.1) is 0 Å². The molecule has 2 aliphatic rings. The summed E-state index contributed by atoms with van der Waals surface area (Å²) in [5.41, 5.74) is 0.811. The van der Waals surface area contributed by atoms with Gasteiger partial charge in [-0.25, -0.2) is 4.79 Å². The summed E-state index contributed by atoms with van der Waals surface area (Å²) in [6.45, 7) is 4.36. The van der Waals surface area contributed by atoms with Gasteiger partial charge in [0.25, 0.3) is 5.91 Å². The van der Waals surface area contributed by atoms with Crippen LogP contribution in [0.5, 0.6) is 11.5 Å². The van der Waals surface area contributed by atoms with E-state index in [9.17, 15) is 19.3 Å². The largest absolute Gasteiger partial charge is 0.507 e. The first kappa shape index (κ1) is 27.5. The van der Waals surface area contributed by atoms with E-state index in [-0.39, 0.29) is 42.6 Å². The molecule has 1 aromatic carbocycles. The van der Waals surface area contributed by atoms with E-state index < -0.39 is 13.3 Å². The first-order valence-corrected chi connectivity index (χ1v) is 14.8. The second kappa shape index (κ2) is 13.3. The second-order valence-corrected chi connectivity index (χ2v) is 11.9. The fraction of sp³-hybridized carbons (Fsp3) is 0.500. The van der Waals surface area contributed by atoms with Gasteiger partial charge < -0.3 is 24.1 Å². The van der Waals surface area contributed by atoms with Crippen LogP contribution in [0.1, 0.15) is 54.4 Å². The number of aromatic hydroxyl groups is 1. The molecule has 1 N–H and O–H groups in total. The number of phenolic OH excluding ortho intramolecular Hbond substituents is 1. The third-order valence-corrected chi connectivity index (χ3v) is 6.30. The first-order chi connectivity index (χ1) is 17.2. The quantitative estimate of drug-likeness (QED) is 0.260. The van der Waals surface area contributed by atoms with E-state index in [1.54, 1.807) is 17.0 Å². The number of nitrogens with zero attached hydrogens (tertiary/aromatic N) is 2. The highest BCUT2D eigenvalue weighted by Crippen LogP contribution is 2.41. The van der Waals surface area contributed by atoms with Gasteiger partial charge in [-0.1, -0.05) is 23.4 Å². The van der Waals surface area contributed by atoms with Crippen LogP contribution in [0.25, 0.3) is 0 Å². The maximum atomic E-state index is 12.8. The molecule has 2 heterocycles. The number of rotatable bonds is 5. The van der Waals surface area contributed by atoms with Crippen molar-refractivity contribution < 1.29 is 33.4 Å². The molecule has 1 aromatic rings. The lowest BCUT2D eigenvalue weighted by Gasteiger charge is -2.26. The Bertz CT molecular complexity index is 1070. The van der Waals surface area contributed by atoms with Crippen LogP contribution in [0.2, 0.25) is 0 Å². The SMILES string of the molecule is CP(C)(=O)Oc1cc(O)c2c(c1)CC(=NOCC(=O)N1CCCCC1)/C=C/CC/C=C/CCOC2=O. The molecule has 0 aliphatic carbocycles. The molecular weight excluding hydrogens is 483 g/mol. The number of likely N-dealkylation sites (tertiary alicyclic amines) is 1. The number of ether oxygens (including phenoxy) is 1. The van der Waals surface area contributed by atoms with Crippen molar-refractivity contribution in [2.75, 3.05) is 39.6 Å². The monoisotopic (exact) mass is 518 g/mol. The van der Waals surface area contributed by atoms with Crippen LogP contribution in [0.4, 0.5) is 0 Å². The molecule has 9 nitrogen and oxygen atoms in total. The highest BCUT2D eigenvalue weighted by molar-refractivity contribution is 7.57. The fourth-order valence-corrected chi connectivity index (χ4v) is 4.61. The van der Waals surface area contributed by atoms with Gasteiger partial charge in [-0.3, -0.25) is 9.36 Å². The van der Waals surface area contributed by atoms with Gasteiger partial charge in [-0.05, 0) is 56.2 Å². The van der Waals surface area contributed by atoms with E-state index in [4.69, 9.17) is 14.1 Å². The van der Waals surface area contributed by atoms with Crippen molar-refractivity contribution in [2.45, 2.75) is 44.9 Å². The summed E-state index contributed by atoms with van der Waals surface area (Å²) in [6.07, 6.45) is 13.0. The number of phenols is 1. The summed E-state index contributed by atoms with van der Waals surface area (Å²) in [5.74, 6) is -0.970. The van der Waals surface area contributed by atoms with Crippen LogP contribution in [0.15, 0.2) is 41.6 Å². The number of benzene rings is 1. The Labute approximate surface area is 212 Å². The predicted octanol–water partition coefficient (Wildman–Crippen LogP) is 4.69. The first-order valence-electron chi connectivity index (χ1n) is 12.3. The number of hydrogen-bond donors (Lipinski definition) is 1. The minimum absolute atomic E-state index is 0.0177. The molecule has 0 aromatic heterocycles. The number of oxime groups is 1. The number of piperidine rings is 1. The van der Waals surface area contributed by atoms with Gasteiger partial charge in [-0.2, -0.15) is 0 Å². The van der Waals surface area contributed by atoms with Crippen LogP contribution in [-0.2, 0) is 25.4 Å². The Morgan fingerprint density at radius 3 is 2.58 bits per heavy atom. The molecule has 196 valence electrons. The van der Waals surface area contributed by atoms with Gasteiger partial charge in [0.2, 0.25) is 7.37 Å². The molecule has 0 bridgehead atoms. The zero-order valence-corrected chi connectivity index (χ0v) is 21.9.